The number of hydrogen-bond acceptors (Lipinski definition) is 2. The summed E-state index contributed by atoms with van der Waals surface area (Å²) in [6.45, 7) is 8.60. The van der Waals surface area contributed by atoms with Gasteiger partial charge in [-0.15, -0.1) is 24.0 Å². The van der Waals surface area contributed by atoms with Crippen LogP contribution in [0.15, 0.2) is 29.3 Å². The van der Waals surface area contributed by atoms with Crippen LogP contribution in [0.3, 0.4) is 0 Å². The van der Waals surface area contributed by atoms with Gasteiger partial charge in [-0.1, -0.05) is 32.0 Å². The van der Waals surface area contributed by atoms with Crippen molar-refractivity contribution >= 4 is 29.9 Å². The van der Waals surface area contributed by atoms with E-state index in [0.717, 1.165) is 18.3 Å². The lowest BCUT2D eigenvalue weighted by Crippen LogP contribution is -2.38. The third-order valence-corrected chi connectivity index (χ3v) is 3.42. The van der Waals surface area contributed by atoms with Gasteiger partial charge >= 0.3 is 0 Å². The molecule has 0 atom stereocenters. The molecule has 1 fully saturated rings. The number of aliphatic imine (C=N–C) groups is 1. The molecule has 0 heterocycles. The van der Waals surface area contributed by atoms with E-state index in [9.17, 15) is 0 Å². The predicted octanol–water partition coefficient (Wildman–Crippen LogP) is 3.52. The van der Waals surface area contributed by atoms with Gasteiger partial charge < -0.3 is 15.4 Å². The minimum Gasteiger partial charge on any atom is -0.491 e. The smallest absolute Gasteiger partial charge is 0.191 e. The van der Waals surface area contributed by atoms with Gasteiger partial charge in [0.2, 0.25) is 0 Å². The normalized spacial score (nSPS) is 14.5. The molecule has 0 aromatic heterocycles. The number of ether oxygens (including phenoxy) is 1. The number of guanidine groups is 1. The van der Waals surface area contributed by atoms with Crippen LogP contribution in [0.4, 0.5) is 0 Å². The molecule has 0 amide bonds. The molecule has 124 valence electrons. The average molecular weight is 417 g/mol. The Kier molecular flexibility index (Phi) is 8.60. The van der Waals surface area contributed by atoms with Crippen LogP contribution in [0, 0.1) is 0 Å². The van der Waals surface area contributed by atoms with E-state index in [1.165, 1.54) is 18.4 Å². The SMILES string of the molecule is CCNC(=NCCOc1ccccc1C(C)C)NC1CC1.I. The van der Waals surface area contributed by atoms with Crippen LogP contribution >= 0.6 is 24.0 Å². The highest BCUT2D eigenvalue weighted by molar-refractivity contribution is 14.0. The van der Waals surface area contributed by atoms with E-state index in [-0.39, 0.29) is 24.0 Å². The fourth-order valence-electron chi connectivity index (χ4n) is 2.14. The first-order valence-electron chi connectivity index (χ1n) is 7.97. The van der Waals surface area contributed by atoms with Gasteiger partial charge in [-0.05, 0) is 37.3 Å². The molecule has 0 aliphatic heterocycles. The van der Waals surface area contributed by atoms with Crippen LogP contribution in [-0.4, -0.2) is 31.7 Å². The van der Waals surface area contributed by atoms with Gasteiger partial charge in [0.25, 0.3) is 0 Å². The van der Waals surface area contributed by atoms with Crippen molar-refractivity contribution in [1.29, 1.82) is 0 Å². The molecule has 1 saturated carbocycles. The Morgan fingerprint density at radius 1 is 1.32 bits per heavy atom. The maximum Gasteiger partial charge on any atom is 0.191 e. The topological polar surface area (TPSA) is 45.7 Å². The fourth-order valence-corrected chi connectivity index (χ4v) is 2.14. The van der Waals surface area contributed by atoms with Crippen molar-refractivity contribution in [2.24, 2.45) is 4.99 Å². The Morgan fingerprint density at radius 2 is 2.05 bits per heavy atom. The largest absolute Gasteiger partial charge is 0.491 e. The number of rotatable bonds is 7. The Morgan fingerprint density at radius 3 is 2.68 bits per heavy atom. The number of nitrogens with zero attached hydrogens (tertiary/aromatic N) is 1. The molecule has 22 heavy (non-hydrogen) atoms. The highest BCUT2D eigenvalue weighted by Crippen LogP contribution is 2.25. The zero-order valence-electron chi connectivity index (χ0n) is 13.8. The number of hydrogen-bond donors (Lipinski definition) is 2. The third-order valence-electron chi connectivity index (χ3n) is 3.42. The number of halogens is 1. The van der Waals surface area contributed by atoms with Crippen LogP contribution in [0.2, 0.25) is 0 Å². The van der Waals surface area contributed by atoms with Gasteiger partial charge in [0.1, 0.15) is 12.4 Å². The first kappa shape index (κ1) is 19.1. The second-order valence-electron chi connectivity index (χ2n) is 5.72. The van der Waals surface area contributed by atoms with Gasteiger partial charge in [-0.25, -0.2) is 4.99 Å². The lowest BCUT2D eigenvalue weighted by atomic mass is 10.0. The predicted molar refractivity (Wildman–Crippen MR) is 104 cm³/mol. The molecule has 1 aromatic carbocycles. The summed E-state index contributed by atoms with van der Waals surface area (Å²) >= 11 is 0. The maximum absolute atomic E-state index is 5.88. The van der Waals surface area contributed by atoms with E-state index in [4.69, 9.17) is 4.74 Å². The van der Waals surface area contributed by atoms with Crippen molar-refractivity contribution in [2.75, 3.05) is 19.7 Å². The van der Waals surface area contributed by atoms with Crippen molar-refractivity contribution < 1.29 is 4.74 Å². The van der Waals surface area contributed by atoms with Gasteiger partial charge in [0, 0.05) is 12.6 Å². The van der Waals surface area contributed by atoms with Crippen LogP contribution in [0.5, 0.6) is 5.75 Å². The molecule has 5 heteroatoms. The fraction of sp³-hybridized carbons (Fsp3) is 0.588. The van der Waals surface area contributed by atoms with Crippen LogP contribution in [0.1, 0.15) is 45.1 Å². The summed E-state index contributed by atoms with van der Waals surface area (Å²) in [5, 5.41) is 6.67. The summed E-state index contributed by atoms with van der Waals surface area (Å²) in [6, 6.07) is 8.85. The first-order valence-corrected chi connectivity index (χ1v) is 7.97. The van der Waals surface area contributed by atoms with Crippen molar-refractivity contribution in [2.45, 2.75) is 45.6 Å². The molecule has 0 unspecified atom stereocenters. The van der Waals surface area contributed by atoms with E-state index >= 15 is 0 Å². The molecule has 2 rings (SSSR count). The summed E-state index contributed by atoms with van der Waals surface area (Å²) in [5.41, 5.74) is 1.25. The summed E-state index contributed by atoms with van der Waals surface area (Å²) in [6.07, 6.45) is 2.51. The quantitative estimate of drug-likeness (QED) is 0.309. The van der Waals surface area contributed by atoms with Crippen molar-refractivity contribution in [1.82, 2.24) is 10.6 Å². The molecule has 2 N–H and O–H groups in total. The molecular weight excluding hydrogens is 389 g/mol. The molecule has 1 aliphatic carbocycles. The summed E-state index contributed by atoms with van der Waals surface area (Å²) in [4.78, 5) is 4.55. The Bertz CT molecular complexity index is 473. The van der Waals surface area contributed by atoms with E-state index in [0.29, 0.717) is 25.1 Å². The van der Waals surface area contributed by atoms with Crippen molar-refractivity contribution in [3.8, 4) is 5.75 Å². The molecule has 0 bridgehead atoms. The van der Waals surface area contributed by atoms with Crippen LogP contribution < -0.4 is 15.4 Å². The second-order valence-corrected chi connectivity index (χ2v) is 5.72. The second kappa shape index (κ2) is 9.92. The van der Waals surface area contributed by atoms with Crippen molar-refractivity contribution in [3.05, 3.63) is 29.8 Å². The van der Waals surface area contributed by atoms with Gasteiger partial charge in [0.05, 0.1) is 6.54 Å². The van der Waals surface area contributed by atoms with Crippen LogP contribution in [-0.2, 0) is 0 Å². The van der Waals surface area contributed by atoms with Gasteiger partial charge in [-0.2, -0.15) is 0 Å². The lowest BCUT2D eigenvalue weighted by Gasteiger charge is -2.14. The minimum atomic E-state index is 0. The molecule has 4 nitrogen and oxygen atoms in total. The molecule has 0 spiro atoms. The maximum atomic E-state index is 5.88. The van der Waals surface area contributed by atoms with E-state index in [1.807, 2.05) is 12.1 Å². The zero-order chi connectivity index (χ0) is 15.1. The van der Waals surface area contributed by atoms with Gasteiger partial charge in [-0.3, -0.25) is 0 Å². The summed E-state index contributed by atoms with van der Waals surface area (Å²) < 4.78 is 5.88. The van der Waals surface area contributed by atoms with E-state index in [1.54, 1.807) is 0 Å². The minimum absolute atomic E-state index is 0. The van der Waals surface area contributed by atoms with Crippen molar-refractivity contribution in [3.63, 3.8) is 0 Å². The number of para-hydroxylation sites is 1. The summed E-state index contributed by atoms with van der Waals surface area (Å²) in [5.74, 6) is 2.35. The molecule has 1 aromatic rings. The highest BCUT2D eigenvalue weighted by Gasteiger charge is 2.21. The van der Waals surface area contributed by atoms with E-state index < -0.39 is 0 Å². The molecule has 0 radical (unpaired) electrons. The third kappa shape index (κ3) is 6.42. The number of nitrogens with one attached hydrogen (secondary N) is 2. The first-order chi connectivity index (χ1) is 10.2. The monoisotopic (exact) mass is 417 g/mol. The Balaban J connectivity index is 0.00000242. The molecule has 1 aliphatic rings. The average Bonchev–Trinajstić information content (AvgIpc) is 3.28. The molecule has 0 saturated heterocycles. The highest BCUT2D eigenvalue weighted by atomic mass is 127. The van der Waals surface area contributed by atoms with E-state index in [2.05, 4.69) is 48.5 Å². The molecular formula is C17H28IN3O. The lowest BCUT2D eigenvalue weighted by molar-refractivity contribution is 0.324. The summed E-state index contributed by atoms with van der Waals surface area (Å²) in [7, 11) is 0. The Labute approximate surface area is 151 Å². The zero-order valence-corrected chi connectivity index (χ0v) is 16.1. The van der Waals surface area contributed by atoms with Crippen LogP contribution in [0.25, 0.3) is 0 Å². The Hall–Kier alpha value is -0.980. The number of benzene rings is 1. The standard InChI is InChI=1S/C17H27N3O.HI/c1-4-18-17(20-14-9-10-14)19-11-12-21-16-8-6-5-7-15(16)13(2)3;/h5-8,13-14H,4,9-12H2,1-3H3,(H2,18,19,20);1H. The van der Waals surface area contributed by atoms with Gasteiger partial charge in [0.15, 0.2) is 5.96 Å².